The Morgan fingerprint density at radius 3 is 2.74 bits per heavy atom. The average molecular weight is 373 g/mol. The first-order valence-corrected chi connectivity index (χ1v) is 8.17. The first kappa shape index (κ1) is 15.7. The predicted molar refractivity (Wildman–Crippen MR) is 91.7 cm³/mol. The van der Waals surface area contributed by atoms with E-state index < -0.39 is 0 Å². The lowest BCUT2D eigenvalue weighted by molar-refractivity contribution is 0.0975. The maximum atomic E-state index is 12.8. The third-order valence-electron chi connectivity index (χ3n) is 4.00. The van der Waals surface area contributed by atoms with Crippen LogP contribution in [0.25, 0.3) is 0 Å². The van der Waals surface area contributed by atoms with E-state index in [1.54, 1.807) is 18.8 Å². The molecule has 118 valence electrons. The van der Waals surface area contributed by atoms with E-state index in [4.69, 9.17) is 4.42 Å². The molecule has 0 aliphatic rings. The number of hydrogen-bond donors (Lipinski definition) is 1. The lowest BCUT2D eigenvalue weighted by atomic mass is 9.88. The molecule has 3 rings (SSSR count). The van der Waals surface area contributed by atoms with Gasteiger partial charge in [0, 0.05) is 28.7 Å². The zero-order valence-corrected chi connectivity index (χ0v) is 14.6. The summed E-state index contributed by atoms with van der Waals surface area (Å²) in [6.07, 6.45) is 5.39. The summed E-state index contributed by atoms with van der Waals surface area (Å²) in [5, 5.41) is 0. The number of halogens is 1. The smallest absolute Gasteiger partial charge is 0.167 e. The molecule has 1 unspecified atom stereocenters. The molecule has 4 nitrogen and oxygen atoms in total. The minimum Gasteiger partial charge on any atom is -0.469 e. The van der Waals surface area contributed by atoms with Crippen LogP contribution in [-0.4, -0.2) is 15.8 Å². The Kier molecular flexibility index (Phi) is 4.48. The summed E-state index contributed by atoms with van der Waals surface area (Å²) in [7, 11) is 0. The van der Waals surface area contributed by atoms with Gasteiger partial charge in [0.05, 0.1) is 18.2 Å². The molecule has 5 heteroatoms. The summed E-state index contributed by atoms with van der Waals surface area (Å²) in [4.78, 5) is 20.1. The Bertz CT molecular complexity index is 802. The van der Waals surface area contributed by atoms with Crippen molar-refractivity contribution in [3.05, 3.63) is 75.7 Å². The van der Waals surface area contributed by atoms with Crippen LogP contribution in [0.2, 0.25) is 0 Å². The Labute approximate surface area is 143 Å². The molecule has 0 bridgehead atoms. The van der Waals surface area contributed by atoms with Gasteiger partial charge in [0.25, 0.3) is 0 Å². The molecule has 0 spiro atoms. The number of carbonyl (C=O) groups excluding carboxylic acids is 1. The summed E-state index contributed by atoms with van der Waals surface area (Å²) in [6, 6.07) is 7.95. The lowest BCUT2D eigenvalue weighted by Crippen LogP contribution is -2.11. The van der Waals surface area contributed by atoms with E-state index in [1.807, 2.05) is 38.1 Å². The van der Waals surface area contributed by atoms with E-state index in [9.17, 15) is 4.79 Å². The number of ketones is 1. The number of aromatic amines is 1. The van der Waals surface area contributed by atoms with Crippen LogP contribution in [0.4, 0.5) is 0 Å². The van der Waals surface area contributed by atoms with Gasteiger partial charge in [0.15, 0.2) is 5.78 Å². The van der Waals surface area contributed by atoms with Gasteiger partial charge in [-0.05, 0) is 31.0 Å². The van der Waals surface area contributed by atoms with Crippen molar-refractivity contribution in [2.45, 2.75) is 26.2 Å². The van der Waals surface area contributed by atoms with Crippen LogP contribution in [0.5, 0.6) is 0 Å². The Morgan fingerprint density at radius 1 is 1.35 bits per heavy atom. The summed E-state index contributed by atoms with van der Waals surface area (Å²) in [5.41, 5.74) is 3.54. The number of furan rings is 1. The number of carbonyl (C=O) groups is 1. The minimum absolute atomic E-state index is 0.0732. The third-order valence-corrected chi connectivity index (χ3v) is 4.72. The topological polar surface area (TPSA) is 58.9 Å². The summed E-state index contributed by atoms with van der Waals surface area (Å²) in [6.45, 7) is 3.72. The summed E-state index contributed by atoms with van der Waals surface area (Å²) >= 11 is 3.59. The number of aryl methyl sites for hydroxylation is 2. The highest BCUT2D eigenvalue weighted by Gasteiger charge is 2.24. The Morgan fingerprint density at radius 2 is 2.13 bits per heavy atom. The second-order valence-electron chi connectivity index (χ2n) is 5.56. The fourth-order valence-corrected chi connectivity index (χ4v) is 3.44. The van der Waals surface area contributed by atoms with Crippen molar-refractivity contribution in [1.82, 2.24) is 9.97 Å². The van der Waals surface area contributed by atoms with Gasteiger partial charge in [-0.15, -0.1) is 0 Å². The Hall–Kier alpha value is -2.14. The van der Waals surface area contributed by atoms with Gasteiger partial charge < -0.3 is 9.40 Å². The van der Waals surface area contributed by atoms with E-state index >= 15 is 0 Å². The first-order chi connectivity index (χ1) is 11.1. The standard InChI is InChI=1S/C18H17BrN2O2/c1-11-9-23-12(2)18(11)17(22)7-14(16-8-20-10-21-16)13-5-3-4-6-15(13)19/h3-6,8-10,14H,7H2,1-2H3,(H,20,21). The zero-order valence-electron chi connectivity index (χ0n) is 13.0. The number of aromatic nitrogens is 2. The number of benzene rings is 1. The van der Waals surface area contributed by atoms with E-state index in [2.05, 4.69) is 25.9 Å². The largest absolute Gasteiger partial charge is 0.469 e. The average Bonchev–Trinajstić information content (AvgIpc) is 3.16. The van der Waals surface area contributed by atoms with E-state index in [0.717, 1.165) is 21.3 Å². The fourth-order valence-electron chi connectivity index (χ4n) is 2.88. The molecule has 1 aromatic carbocycles. The van der Waals surface area contributed by atoms with Gasteiger partial charge in [-0.25, -0.2) is 4.98 Å². The number of imidazole rings is 1. The van der Waals surface area contributed by atoms with Gasteiger partial charge in [0.1, 0.15) is 5.76 Å². The number of nitrogens with one attached hydrogen (secondary N) is 1. The molecule has 3 aromatic rings. The fraction of sp³-hybridized carbons (Fsp3) is 0.222. The molecule has 1 N–H and O–H groups in total. The number of hydrogen-bond acceptors (Lipinski definition) is 3. The molecule has 0 aliphatic heterocycles. The highest BCUT2D eigenvalue weighted by atomic mass is 79.9. The van der Waals surface area contributed by atoms with Crippen molar-refractivity contribution < 1.29 is 9.21 Å². The molecule has 1 atom stereocenters. The second kappa shape index (κ2) is 6.54. The number of rotatable bonds is 5. The minimum atomic E-state index is -0.0886. The second-order valence-corrected chi connectivity index (χ2v) is 6.41. The number of nitrogens with zero attached hydrogens (tertiary/aromatic N) is 1. The third kappa shape index (κ3) is 3.15. The molecule has 0 fully saturated rings. The van der Waals surface area contributed by atoms with Crippen molar-refractivity contribution in [3.63, 3.8) is 0 Å². The van der Waals surface area contributed by atoms with Crippen LogP contribution in [0, 0.1) is 13.8 Å². The van der Waals surface area contributed by atoms with Crippen molar-refractivity contribution >= 4 is 21.7 Å². The van der Waals surface area contributed by atoms with Crippen LogP contribution < -0.4 is 0 Å². The predicted octanol–water partition coefficient (Wildman–Crippen LogP) is 4.79. The van der Waals surface area contributed by atoms with Crippen molar-refractivity contribution in [2.24, 2.45) is 0 Å². The van der Waals surface area contributed by atoms with Gasteiger partial charge in [-0.3, -0.25) is 4.79 Å². The van der Waals surface area contributed by atoms with Crippen molar-refractivity contribution in [2.75, 3.05) is 0 Å². The maximum absolute atomic E-state index is 12.8. The Balaban J connectivity index is 1.98. The van der Waals surface area contributed by atoms with Crippen LogP contribution in [0.3, 0.4) is 0 Å². The molecule has 2 heterocycles. The van der Waals surface area contributed by atoms with E-state index in [1.165, 1.54) is 0 Å². The van der Waals surface area contributed by atoms with Crippen LogP contribution in [0.1, 0.15) is 45.3 Å². The molecule has 2 aromatic heterocycles. The molecule has 0 saturated heterocycles. The van der Waals surface area contributed by atoms with Crippen LogP contribution in [-0.2, 0) is 0 Å². The van der Waals surface area contributed by atoms with Gasteiger partial charge >= 0.3 is 0 Å². The van der Waals surface area contributed by atoms with Crippen LogP contribution in [0.15, 0.2) is 51.9 Å². The molecular formula is C18H17BrN2O2. The summed E-state index contributed by atoms with van der Waals surface area (Å²) < 4.78 is 6.35. The molecule has 23 heavy (non-hydrogen) atoms. The molecule has 0 radical (unpaired) electrons. The van der Waals surface area contributed by atoms with Gasteiger partial charge in [-0.2, -0.15) is 0 Å². The number of H-pyrrole nitrogens is 1. The van der Waals surface area contributed by atoms with E-state index in [0.29, 0.717) is 17.7 Å². The van der Waals surface area contributed by atoms with Gasteiger partial charge in [-0.1, -0.05) is 34.1 Å². The summed E-state index contributed by atoms with van der Waals surface area (Å²) in [5.74, 6) is 0.654. The highest BCUT2D eigenvalue weighted by molar-refractivity contribution is 9.10. The van der Waals surface area contributed by atoms with Crippen molar-refractivity contribution in [1.29, 1.82) is 0 Å². The molecule has 0 amide bonds. The zero-order chi connectivity index (χ0) is 16.4. The SMILES string of the molecule is Cc1coc(C)c1C(=O)CC(c1cnc[nH]1)c1ccccc1Br. The molecular weight excluding hydrogens is 356 g/mol. The maximum Gasteiger partial charge on any atom is 0.167 e. The molecule has 0 saturated carbocycles. The van der Waals surface area contributed by atoms with Gasteiger partial charge in [0.2, 0.25) is 0 Å². The first-order valence-electron chi connectivity index (χ1n) is 7.38. The van der Waals surface area contributed by atoms with Crippen molar-refractivity contribution in [3.8, 4) is 0 Å². The lowest BCUT2D eigenvalue weighted by Gasteiger charge is -2.17. The quantitative estimate of drug-likeness (QED) is 0.655. The highest BCUT2D eigenvalue weighted by Crippen LogP contribution is 2.33. The van der Waals surface area contributed by atoms with E-state index in [-0.39, 0.29) is 11.7 Å². The number of Topliss-reactive ketones (excluding diaryl/α,β-unsaturated/α-hetero) is 1. The normalized spacial score (nSPS) is 12.3. The monoisotopic (exact) mass is 372 g/mol. The van der Waals surface area contributed by atoms with Crippen LogP contribution >= 0.6 is 15.9 Å². The molecule has 0 aliphatic carbocycles.